The van der Waals surface area contributed by atoms with Gasteiger partial charge in [0.25, 0.3) is 6.43 Å². The molecular weight excluding hydrogens is 379 g/mol. The Bertz CT molecular complexity index is 1050. The van der Waals surface area contributed by atoms with E-state index in [4.69, 9.17) is 9.72 Å². The summed E-state index contributed by atoms with van der Waals surface area (Å²) in [6, 6.07) is 4.76. The molecule has 2 unspecified atom stereocenters. The maximum atomic E-state index is 14.0. The summed E-state index contributed by atoms with van der Waals surface area (Å²) in [6.45, 7) is 2.69. The van der Waals surface area contributed by atoms with Crippen molar-refractivity contribution in [1.29, 1.82) is 0 Å². The highest BCUT2D eigenvalue weighted by molar-refractivity contribution is 6.02. The molecule has 4 atom stereocenters. The Kier molecular flexibility index (Phi) is 4.73. The summed E-state index contributed by atoms with van der Waals surface area (Å²) in [4.78, 5) is 9.31. The fraction of sp³-hybridized carbons (Fsp3) is 0.545. The van der Waals surface area contributed by atoms with Crippen LogP contribution in [-0.4, -0.2) is 33.4 Å². The van der Waals surface area contributed by atoms with E-state index in [0.29, 0.717) is 35.9 Å². The largest absolute Gasteiger partial charge is 0.378 e. The number of hydrogen-bond acceptors (Lipinski definition) is 3. The number of hydrogen-bond donors (Lipinski definition) is 0. The van der Waals surface area contributed by atoms with Crippen LogP contribution in [-0.2, 0) is 4.74 Å². The molecule has 3 heterocycles. The molecule has 4 nitrogen and oxygen atoms in total. The molecule has 0 amide bonds. The number of pyridine rings is 1. The summed E-state index contributed by atoms with van der Waals surface area (Å²) in [5, 5.41) is 0.688. The second kappa shape index (κ2) is 7.27. The van der Waals surface area contributed by atoms with E-state index < -0.39 is 12.6 Å². The third kappa shape index (κ3) is 3.29. The quantitative estimate of drug-likeness (QED) is 0.549. The summed E-state index contributed by atoms with van der Waals surface area (Å²) >= 11 is 0. The second-order valence-corrected chi connectivity index (χ2v) is 8.38. The van der Waals surface area contributed by atoms with Crippen molar-refractivity contribution >= 4 is 21.9 Å². The van der Waals surface area contributed by atoms with Crippen LogP contribution in [0.2, 0.25) is 0 Å². The molecule has 0 N–H and O–H groups in total. The monoisotopic (exact) mass is 403 g/mol. The minimum atomic E-state index is -2.55. The zero-order valence-electron chi connectivity index (χ0n) is 16.3. The Morgan fingerprint density at radius 3 is 2.72 bits per heavy atom. The molecule has 1 saturated carbocycles. The van der Waals surface area contributed by atoms with Gasteiger partial charge in [-0.25, -0.2) is 18.2 Å². The minimum absolute atomic E-state index is 0.0221. The van der Waals surface area contributed by atoms with Crippen LogP contribution < -0.4 is 0 Å². The van der Waals surface area contributed by atoms with Gasteiger partial charge in [-0.05, 0) is 51.2 Å². The number of aromatic nitrogens is 3. The zero-order chi connectivity index (χ0) is 20.1. The van der Waals surface area contributed by atoms with Crippen LogP contribution in [0.1, 0.15) is 68.8 Å². The Balaban J connectivity index is 1.76. The van der Waals surface area contributed by atoms with E-state index in [1.807, 2.05) is 6.92 Å². The zero-order valence-corrected chi connectivity index (χ0v) is 16.3. The second-order valence-electron chi connectivity index (χ2n) is 8.38. The SMILES string of the molecule is C[C@@H]1C[C@H](n2c(C3CCC(F)C3)nc3cnc4ccc(C(F)F)cc4c32)CCO1. The molecule has 1 aliphatic heterocycles. The molecule has 5 rings (SSSR count). The van der Waals surface area contributed by atoms with Gasteiger partial charge in [0.2, 0.25) is 0 Å². The fourth-order valence-corrected chi connectivity index (χ4v) is 4.98. The molecule has 1 saturated heterocycles. The maximum absolute atomic E-state index is 14.0. The van der Waals surface area contributed by atoms with E-state index in [0.717, 1.165) is 30.6 Å². The van der Waals surface area contributed by atoms with Gasteiger partial charge in [0, 0.05) is 29.5 Å². The Morgan fingerprint density at radius 2 is 2.00 bits per heavy atom. The number of halogens is 3. The Morgan fingerprint density at radius 1 is 1.14 bits per heavy atom. The first kappa shape index (κ1) is 18.9. The third-order valence-electron chi connectivity index (χ3n) is 6.38. The fourth-order valence-electron chi connectivity index (χ4n) is 4.98. The normalized spacial score (nSPS) is 28.0. The van der Waals surface area contributed by atoms with Gasteiger partial charge >= 0.3 is 0 Å². The molecule has 2 fully saturated rings. The third-order valence-corrected chi connectivity index (χ3v) is 6.38. The molecule has 0 spiro atoms. The molecule has 1 aliphatic carbocycles. The predicted octanol–water partition coefficient (Wildman–Crippen LogP) is 5.87. The lowest BCUT2D eigenvalue weighted by molar-refractivity contribution is 0.00605. The summed E-state index contributed by atoms with van der Waals surface area (Å²) in [7, 11) is 0. The van der Waals surface area contributed by atoms with Crippen molar-refractivity contribution in [2.75, 3.05) is 6.61 Å². The highest BCUT2D eigenvalue weighted by Crippen LogP contribution is 2.41. The lowest BCUT2D eigenvalue weighted by Crippen LogP contribution is -2.27. The number of imidazole rings is 1. The average molecular weight is 403 g/mol. The Hall–Kier alpha value is -2.15. The van der Waals surface area contributed by atoms with E-state index in [1.54, 1.807) is 12.3 Å². The smallest absolute Gasteiger partial charge is 0.263 e. The van der Waals surface area contributed by atoms with Gasteiger partial charge in [-0.3, -0.25) is 4.98 Å². The van der Waals surface area contributed by atoms with Crippen molar-refractivity contribution < 1.29 is 17.9 Å². The first-order chi connectivity index (χ1) is 14.0. The number of alkyl halides is 3. The lowest BCUT2D eigenvalue weighted by Gasteiger charge is -2.31. The van der Waals surface area contributed by atoms with Crippen LogP contribution in [0.4, 0.5) is 13.2 Å². The van der Waals surface area contributed by atoms with Crippen molar-refractivity contribution in [3.63, 3.8) is 0 Å². The molecule has 2 aliphatic rings. The van der Waals surface area contributed by atoms with E-state index in [1.165, 1.54) is 12.1 Å². The Labute approximate surface area is 167 Å². The van der Waals surface area contributed by atoms with Gasteiger partial charge < -0.3 is 9.30 Å². The molecule has 154 valence electrons. The minimum Gasteiger partial charge on any atom is -0.378 e. The van der Waals surface area contributed by atoms with E-state index in [9.17, 15) is 13.2 Å². The number of nitrogens with zero attached hydrogens (tertiary/aromatic N) is 3. The topological polar surface area (TPSA) is 39.9 Å². The van der Waals surface area contributed by atoms with E-state index in [-0.39, 0.29) is 23.6 Å². The predicted molar refractivity (Wildman–Crippen MR) is 105 cm³/mol. The van der Waals surface area contributed by atoms with Gasteiger partial charge in [-0.1, -0.05) is 6.07 Å². The average Bonchev–Trinajstić information content (AvgIpc) is 3.31. The molecule has 0 bridgehead atoms. The number of fused-ring (bicyclic) bond motifs is 3. The van der Waals surface area contributed by atoms with Crippen LogP contribution in [0.25, 0.3) is 21.9 Å². The highest BCUT2D eigenvalue weighted by Gasteiger charge is 2.33. The van der Waals surface area contributed by atoms with Gasteiger partial charge in [-0.15, -0.1) is 0 Å². The van der Waals surface area contributed by atoms with Crippen molar-refractivity contribution in [3.05, 3.63) is 35.8 Å². The number of ether oxygens (including phenoxy) is 1. The van der Waals surface area contributed by atoms with Crippen molar-refractivity contribution in [1.82, 2.24) is 14.5 Å². The summed E-state index contributed by atoms with van der Waals surface area (Å²) < 4.78 is 48.7. The maximum Gasteiger partial charge on any atom is 0.263 e. The standard InChI is InChI=1S/C22H24F3N3O/c1-12-8-16(6-7-29-12)28-20-17-10-13(21(24)25)3-5-18(17)26-11-19(20)27-22(28)14-2-4-15(23)9-14/h3,5,10-12,14-16,21H,2,4,6-9H2,1H3/t12-,14?,15?,16-/m1/s1. The molecule has 29 heavy (non-hydrogen) atoms. The van der Waals surface area contributed by atoms with Gasteiger partial charge in [-0.2, -0.15) is 0 Å². The first-order valence-corrected chi connectivity index (χ1v) is 10.4. The number of benzene rings is 1. The van der Waals surface area contributed by atoms with Gasteiger partial charge in [0.15, 0.2) is 0 Å². The lowest BCUT2D eigenvalue weighted by atomic mass is 10.0. The van der Waals surface area contributed by atoms with Crippen LogP contribution >= 0.6 is 0 Å². The van der Waals surface area contributed by atoms with Gasteiger partial charge in [0.1, 0.15) is 17.5 Å². The summed E-state index contributed by atoms with van der Waals surface area (Å²) in [6.07, 6.45) is 1.90. The van der Waals surface area contributed by atoms with E-state index >= 15 is 0 Å². The van der Waals surface area contributed by atoms with Gasteiger partial charge in [0.05, 0.1) is 23.3 Å². The van der Waals surface area contributed by atoms with Crippen LogP contribution in [0.5, 0.6) is 0 Å². The molecule has 7 heteroatoms. The van der Waals surface area contributed by atoms with Crippen molar-refractivity contribution in [2.45, 2.75) is 69.7 Å². The molecule has 1 aromatic carbocycles. The number of rotatable bonds is 3. The van der Waals surface area contributed by atoms with E-state index in [2.05, 4.69) is 9.55 Å². The molecule has 3 aromatic rings. The summed E-state index contributed by atoms with van der Waals surface area (Å²) in [5.41, 5.74) is 2.19. The first-order valence-electron chi connectivity index (χ1n) is 10.4. The molecular formula is C22H24F3N3O. The van der Waals surface area contributed by atoms with Crippen molar-refractivity contribution in [3.8, 4) is 0 Å². The van der Waals surface area contributed by atoms with Crippen LogP contribution in [0, 0.1) is 0 Å². The highest BCUT2D eigenvalue weighted by atomic mass is 19.3. The van der Waals surface area contributed by atoms with Crippen LogP contribution in [0.15, 0.2) is 24.4 Å². The molecule has 2 aromatic heterocycles. The molecule has 0 radical (unpaired) electrons. The van der Waals surface area contributed by atoms with Crippen molar-refractivity contribution in [2.24, 2.45) is 0 Å². The van der Waals surface area contributed by atoms with Crippen LogP contribution in [0.3, 0.4) is 0 Å². The summed E-state index contributed by atoms with van der Waals surface area (Å²) in [5.74, 6) is 0.917.